The first-order valence-electron chi connectivity index (χ1n) is 22.8. The van der Waals surface area contributed by atoms with Crippen molar-refractivity contribution in [2.24, 2.45) is 11.8 Å². The number of nitrogens with one attached hydrogen (secondary N) is 7. The third-order valence-corrected chi connectivity index (χ3v) is 10.7. The van der Waals surface area contributed by atoms with Crippen LogP contribution in [-0.2, 0) is 68.8 Å². The molecule has 0 saturated carbocycles. The average Bonchev–Trinajstić information content (AvgIpc) is 3.73. The lowest BCUT2D eigenvalue weighted by Gasteiger charge is -2.33. The predicted molar refractivity (Wildman–Crippen MR) is 246 cm³/mol. The average molecular weight is 987 g/mol. The van der Waals surface area contributed by atoms with Gasteiger partial charge in [-0.3, -0.25) is 52.7 Å². The highest BCUT2D eigenvalue weighted by molar-refractivity contribution is 6.38. The molecule has 7 atom stereocenters. The number of hydrogen-bond acceptors (Lipinski definition) is 14. The predicted octanol–water partition coefficient (Wildman–Crippen LogP) is -0.418. The Bertz CT molecular complexity index is 2060. The number of hydrogen-bond donors (Lipinski definition) is 9. The van der Waals surface area contributed by atoms with E-state index in [0.717, 1.165) is 11.8 Å². The highest BCUT2D eigenvalue weighted by atomic mass is 16.5. The van der Waals surface area contributed by atoms with Crippen molar-refractivity contribution in [1.29, 1.82) is 0 Å². The summed E-state index contributed by atoms with van der Waals surface area (Å²) in [6.07, 6.45) is -1.51. The van der Waals surface area contributed by atoms with E-state index in [1.165, 1.54) is 6.08 Å². The number of carbonyl (C=O) groups is 12. The van der Waals surface area contributed by atoms with Crippen molar-refractivity contribution in [2.45, 2.75) is 135 Å². The number of aliphatic carboxylic acids is 2. The van der Waals surface area contributed by atoms with Crippen molar-refractivity contribution in [1.82, 2.24) is 42.1 Å². The molecule has 0 bridgehead atoms. The van der Waals surface area contributed by atoms with Gasteiger partial charge in [0.25, 0.3) is 5.91 Å². The van der Waals surface area contributed by atoms with Gasteiger partial charge in [0.2, 0.25) is 41.2 Å². The minimum absolute atomic E-state index is 0.0263. The van der Waals surface area contributed by atoms with E-state index in [1.807, 2.05) is 0 Å². The molecule has 1 aromatic carbocycles. The minimum Gasteiger partial charge on any atom is -0.481 e. The Morgan fingerprint density at radius 2 is 1.31 bits per heavy atom. The summed E-state index contributed by atoms with van der Waals surface area (Å²) in [4.78, 5) is 157. The van der Waals surface area contributed by atoms with Crippen LogP contribution in [0.15, 0.2) is 43.0 Å². The maximum Gasteiger partial charge on any atom is 0.407 e. The standard InChI is InChI=1S/C46H66N8O16/c1-8-13-30(39(61)44(66)47-22-36(60)69-20-9-2)50-42(64)33-21-29(49-46(68)70-24-28-14-11-10-12-15-28)23-54(33)45(67)38(26(5)6)53-43(65)37(25(3)4)52-41(63)32(17-19-35(58)59)51-40(62)31(48-27(7)55)16-18-34(56)57/h9-12,14-15,25-26,29-33,37-38H,2,8,13,16-24H2,1,3-7H3,(H,47,66)(H,48,55)(H,49,68)(H,50,64)(H,51,62)(H,52,63)(H,53,65)(H,56,57)(H,58,59)/t29-,30?,31?,32?,33+,37?,38?/m1/s1. The van der Waals surface area contributed by atoms with Gasteiger partial charge in [-0.05, 0) is 43.1 Å². The first-order chi connectivity index (χ1) is 33.0. The molecule has 1 aliphatic rings. The van der Waals surface area contributed by atoms with E-state index < -0.39 is 151 Å². The molecule has 70 heavy (non-hydrogen) atoms. The fraction of sp³-hybridized carbons (Fsp3) is 0.565. The lowest BCUT2D eigenvalue weighted by molar-refractivity contribution is -0.146. The van der Waals surface area contributed by atoms with E-state index in [4.69, 9.17) is 14.6 Å². The molecule has 1 aliphatic heterocycles. The topological polar surface area (TPSA) is 351 Å². The van der Waals surface area contributed by atoms with Crippen molar-refractivity contribution in [2.75, 3.05) is 19.7 Å². The largest absolute Gasteiger partial charge is 0.481 e. The second-order valence-corrected chi connectivity index (χ2v) is 17.2. The first-order valence-corrected chi connectivity index (χ1v) is 22.8. The van der Waals surface area contributed by atoms with Gasteiger partial charge in [-0.25, -0.2) is 4.79 Å². The summed E-state index contributed by atoms with van der Waals surface area (Å²) in [6.45, 7) is 11.3. The molecule has 24 heteroatoms. The van der Waals surface area contributed by atoms with E-state index in [1.54, 1.807) is 65.0 Å². The van der Waals surface area contributed by atoms with Gasteiger partial charge in [0, 0.05) is 26.3 Å². The zero-order valence-electron chi connectivity index (χ0n) is 40.2. The lowest BCUT2D eigenvalue weighted by Crippen LogP contribution is -2.61. The maximum absolute atomic E-state index is 14.6. The molecule has 1 heterocycles. The Hall–Kier alpha value is -7.40. The van der Waals surface area contributed by atoms with E-state index >= 15 is 0 Å². The van der Waals surface area contributed by atoms with Crippen molar-refractivity contribution >= 4 is 71.1 Å². The number of Topliss-reactive ketones (excluding diaryl/α,β-unsaturated/α-hetero) is 1. The molecule has 8 amide bonds. The molecule has 2 rings (SSSR count). The van der Waals surface area contributed by atoms with Crippen LogP contribution in [0.4, 0.5) is 4.79 Å². The molecule has 0 aromatic heterocycles. The van der Waals surface area contributed by atoms with Crippen molar-refractivity contribution in [3.63, 3.8) is 0 Å². The summed E-state index contributed by atoms with van der Waals surface area (Å²) in [5, 5.41) is 35.6. The molecule has 0 spiro atoms. The zero-order chi connectivity index (χ0) is 52.7. The van der Waals surface area contributed by atoms with Crippen LogP contribution in [0.1, 0.15) is 92.1 Å². The highest BCUT2D eigenvalue weighted by Crippen LogP contribution is 2.23. The van der Waals surface area contributed by atoms with Crippen LogP contribution in [0.2, 0.25) is 0 Å². The third-order valence-electron chi connectivity index (χ3n) is 10.7. The summed E-state index contributed by atoms with van der Waals surface area (Å²) in [7, 11) is 0. The summed E-state index contributed by atoms with van der Waals surface area (Å²) < 4.78 is 10.2. The molecule has 5 unspecified atom stereocenters. The van der Waals surface area contributed by atoms with E-state index in [-0.39, 0.29) is 39.0 Å². The van der Waals surface area contributed by atoms with Crippen LogP contribution in [0.5, 0.6) is 0 Å². The van der Waals surface area contributed by atoms with Crippen LogP contribution in [0.3, 0.4) is 0 Å². The van der Waals surface area contributed by atoms with E-state index in [2.05, 4.69) is 43.8 Å². The van der Waals surface area contributed by atoms with Gasteiger partial charge in [-0.1, -0.05) is 84.0 Å². The number of ether oxygens (including phenoxy) is 2. The molecule has 9 N–H and O–H groups in total. The monoisotopic (exact) mass is 986 g/mol. The molecular formula is C46H66N8O16. The molecular weight excluding hydrogens is 921 g/mol. The third kappa shape index (κ3) is 20.1. The number of alkyl carbamates (subject to hydrolysis) is 1. The van der Waals surface area contributed by atoms with Crippen LogP contribution in [0, 0.1) is 11.8 Å². The SMILES string of the molecule is C=CCOC(=O)CNC(=O)C(=O)C(CCC)NC(=O)[C@@H]1C[C@@H](NC(=O)OCc2ccccc2)CN1C(=O)C(NC(=O)C(NC(=O)C(CCC(=O)O)NC(=O)C(CCC(=O)O)NC(C)=O)C(C)C)C(C)C. The molecule has 24 nitrogen and oxygen atoms in total. The fourth-order valence-corrected chi connectivity index (χ4v) is 7.11. The van der Waals surface area contributed by atoms with Crippen molar-refractivity contribution in [3.05, 3.63) is 48.6 Å². The number of nitrogens with zero attached hydrogens (tertiary/aromatic N) is 1. The Kier molecular flexibility index (Phi) is 24.7. The maximum atomic E-state index is 14.6. The highest BCUT2D eigenvalue weighted by Gasteiger charge is 2.45. The van der Waals surface area contributed by atoms with Gasteiger partial charge in [0.05, 0.1) is 12.1 Å². The van der Waals surface area contributed by atoms with Gasteiger partial charge in [-0.2, -0.15) is 0 Å². The number of carboxylic acid groups (broad SMARTS) is 2. The molecule has 386 valence electrons. The Balaban J connectivity index is 2.43. The Morgan fingerprint density at radius 3 is 1.86 bits per heavy atom. The molecule has 0 aliphatic carbocycles. The van der Waals surface area contributed by atoms with Crippen molar-refractivity contribution in [3.8, 4) is 0 Å². The summed E-state index contributed by atoms with van der Waals surface area (Å²) in [5.41, 5.74) is 0.679. The number of carbonyl (C=O) groups excluding carboxylic acids is 10. The van der Waals surface area contributed by atoms with E-state index in [0.29, 0.717) is 12.0 Å². The summed E-state index contributed by atoms with van der Waals surface area (Å²) in [6, 6.07) is -0.816. The smallest absolute Gasteiger partial charge is 0.407 e. The number of amides is 8. The van der Waals surface area contributed by atoms with Gasteiger partial charge < -0.3 is 61.8 Å². The van der Waals surface area contributed by atoms with Crippen LogP contribution < -0.4 is 37.2 Å². The Labute approximate surface area is 405 Å². The number of likely N-dealkylation sites (tertiary alicyclic amines) is 1. The normalized spacial score (nSPS) is 16.2. The van der Waals surface area contributed by atoms with Crippen LogP contribution >= 0.6 is 0 Å². The summed E-state index contributed by atoms with van der Waals surface area (Å²) >= 11 is 0. The van der Waals surface area contributed by atoms with Crippen molar-refractivity contribution < 1.29 is 77.2 Å². The number of carboxylic acids is 2. The number of ketones is 1. The van der Waals surface area contributed by atoms with Gasteiger partial charge in [-0.15, -0.1) is 0 Å². The molecule has 0 radical (unpaired) electrons. The molecule has 1 fully saturated rings. The molecule has 1 aromatic rings. The fourth-order valence-electron chi connectivity index (χ4n) is 7.11. The number of benzene rings is 1. The number of esters is 1. The first kappa shape index (κ1) is 58.7. The van der Waals surface area contributed by atoms with E-state index in [9.17, 15) is 62.6 Å². The second-order valence-electron chi connectivity index (χ2n) is 17.2. The zero-order valence-corrected chi connectivity index (χ0v) is 40.2. The number of rotatable bonds is 29. The summed E-state index contributed by atoms with van der Waals surface area (Å²) in [5.74, 6) is -12.4. The quantitative estimate of drug-likeness (QED) is 0.0280. The van der Waals surface area contributed by atoms with Crippen LogP contribution in [0.25, 0.3) is 0 Å². The van der Waals surface area contributed by atoms with Gasteiger partial charge in [0.15, 0.2) is 0 Å². The minimum atomic E-state index is -1.60. The van der Waals surface area contributed by atoms with Crippen LogP contribution in [-0.4, -0.2) is 148 Å². The molecule has 1 saturated heterocycles. The lowest BCUT2D eigenvalue weighted by atomic mass is 9.98. The van der Waals surface area contributed by atoms with Gasteiger partial charge in [0.1, 0.15) is 50.0 Å². The second kappa shape index (κ2) is 29.5. The van der Waals surface area contributed by atoms with Gasteiger partial charge >= 0.3 is 24.0 Å². The Morgan fingerprint density at radius 1 is 0.743 bits per heavy atom.